The molecule has 1 atom stereocenters. The van der Waals surface area contributed by atoms with Crippen molar-refractivity contribution in [3.63, 3.8) is 0 Å². The van der Waals surface area contributed by atoms with Gasteiger partial charge in [-0.25, -0.2) is 4.98 Å². The molecule has 120 valence electrons. The molecule has 1 saturated heterocycles. The molecule has 2 N–H and O–H groups in total. The minimum absolute atomic E-state index is 0.0346. The van der Waals surface area contributed by atoms with Gasteiger partial charge in [0.25, 0.3) is 11.6 Å². The lowest BCUT2D eigenvalue weighted by Gasteiger charge is -2.10. The van der Waals surface area contributed by atoms with Crippen molar-refractivity contribution >= 4 is 22.9 Å². The third-order valence-corrected chi connectivity index (χ3v) is 4.62. The van der Waals surface area contributed by atoms with Gasteiger partial charge in [0.1, 0.15) is 10.7 Å². The molecule has 2 heterocycles. The van der Waals surface area contributed by atoms with Crippen LogP contribution >= 0.6 is 11.3 Å². The van der Waals surface area contributed by atoms with Crippen molar-refractivity contribution in [2.45, 2.75) is 18.9 Å². The molecule has 1 aliphatic rings. The molecule has 3 rings (SSSR count). The van der Waals surface area contributed by atoms with Gasteiger partial charge in [0.15, 0.2) is 0 Å². The number of thiazole rings is 1. The highest BCUT2D eigenvalue weighted by molar-refractivity contribution is 7.13. The lowest BCUT2D eigenvalue weighted by Crippen LogP contribution is -2.37. The van der Waals surface area contributed by atoms with Crippen LogP contribution in [0.4, 0.5) is 5.69 Å². The number of hydrogen-bond acceptors (Lipinski definition) is 6. The molecular weight excluding hydrogens is 316 g/mol. The second-order valence-electron chi connectivity index (χ2n) is 5.35. The van der Waals surface area contributed by atoms with E-state index in [1.165, 1.54) is 23.5 Å². The van der Waals surface area contributed by atoms with Crippen LogP contribution in [0.15, 0.2) is 29.6 Å². The van der Waals surface area contributed by atoms with Gasteiger partial charge in [-0.15, -0.1) is 11.3 Å². The number of benzene rings is 1. The Labute approximate surface area is 136 Å². The molecule has 1 unspecified atom stereocenters. The fourth-order valence-electron chi connectivity index (χ4n) is 2.47. The Hall–Kier alpha value is -2.32. The number of carbonyl (C=O) groups is 1. The van der Waals surface area contributed by atoms with Gasteiger partial charge in [-0.05, 0) is 31.5 Å². The molecule has 2 aromatic rings. The van der Waals surface area contributed by atoms with Crippen LogP contribution in [0.25, 0.3) is 10.6 Å². The Balaban J connectivity index is 1.64. The first kappa shape index (κ1) is 15.6. The molecule has 0 spiro atoms. The third-order valence-electron chi connectivity index (χ3n) is 3.73. The first-order chi connectivity index (χ1) is 11.1. The summed E-state index contributed by atoms with van der Waals surface area (Å²) >= 11 is 1.35. The number of amides is 1. The number of non-ortho nitro benzene ring substituents is 1. The van der Waals surface area contributed by atoms with Crippen molar-refractivity contribution in [2.24, 2.45) is 0 Å². The van der Waals surface area contributed by atoms with Crippen molar-refractivity contribution < 1.29 is 9.72 Å². The van der Waals surface area contributed by atoms with Crippen LogP contribution in [-0.4, -0.2) is 34.9 Å². The monoisotopic (exact) mass is 332 g/mol. The minimum atomic E-state index is -0.443. The Morgan fingerprint density at radius 2 is 2.22 bits per heavy atom. The summed E-state index contributed by atoms with van der Waals surface area (Å²) in [6.07, 6.45) is 2.22. The Morgan fingerprint density at radius 3 is 2.87 bits per heavy atom. The smallest absolute Gasteiger partial charge is 0.270 e. The SMILES string of the molecule is O=C(NCC1CCCN1)c1csc(-c2ccc([N+](=O)[O-])cc2)n1. The molecule has 7 nitrogen and oxygen atoms in total. The van der Waals surface area contributed by atoms with Crippen molar-refractivity contribution in [3.8, 4) is 10.6 Å². The van der Waals surface area contributed by atoms with Crippen LogP contribution in [0.5, 0.6) is 0 Å². The Kier molecular flexibility index (Phi) is 4.63. The molecule has 0 bridgehead atoms. The molecule has 23 heavy (non-hydrogen) atoms. The molecule has 0 aliphatic carbocycles. The number of nitrogens with zero attached hydrogens (tertiary/aromatic N) is 2. The second-order valence-corrected chi connectivity index (χ2v) is 6.20. The lowest BCUT2D eigenvalue weighted by molar-refractivity contribution is -0.384. The van der Waals surface area contributed by atoms with Crippen LogP contribution in [0, 0.1) is 10.1 Å². The van der Waals surface area contributed by atoms with E-state index in [1.54, 1.807) is 17.5 Å². The molecular formula is C15H16N4O3S. The predicted molar refractivity (Wildman–Crippen MR) is 87.6 cm³/mol. The van der Waals surface area contributed by atoms with E-state index in [1.807, 2.05) is 0 Å². The fourth-order valence-corrected chi connectivity index (χ4v) is 3.28. The van der Waals surface area contributed by atoms with Crippen molar-refractivity contribution in [1.29, 1.82) is 0 Å². The molecule has 8 heteroatoms. The van der Waals surface area contributed by atoms with E-state index < -0.39 is 4.92 Å². The highest BCUT2D eigenvalue weighted by atomic mass is 32.1. The normalized spacial score (nSPS) is 17.1. The van der Waals surface area contributed by atoms with Gasteiger partial charge in [0.05, 0.1) is 4.92 Å². The lowest BCUT2D eigenvalue weighted by atomic mass is 10.2. The van der Waals surface area contributed by atoms with E-state index in [2.05, 4.69) is 15.6 Å². The Bertz CT molecular complexity index is 708. The summed E-state index contributed by atoms with van der Waals surface area (Å²) in [6, 6.07) is 6.49. The highest BCUT2D eigenvalue weighted by Gasteiger charge is 2.17. The van der Waals surface area contributed by atoms with Crippen LogP contribution < -0.4 is 10.6 Å². The Morgan fingerprint density at radius 1 is 1.43 bits per heavy atom. The zero-order valence-corrected chi connectivity index (χ0v) is 13.1. The zero-order chi connectivity index (χ0) is 16.2. The van der Waals surface area contributed by atoms with Gasteiger partial charge >= 0.3 is 0 Å². The van der Waals surface area contributed by atoms with Gasteiger partial charge in [-0.2, -0.15) is 0 Å². The molecule has 0 radical (unpaired) electrons. The van der Waals surface area contributed by atoms with Gasteiger partial charge in [0.2, 0.25) is 0 Å². The summed E-state index contributed by atoms with van der Waals surface area (Å²) in [5.74, 6) is -0.192. The van der Waals surface area contributed by atoms with Crippen molar-refractivity contribution in [2.75, 3.05) is 13.1 Å². The van der Waals surface area contributed by atoms with Crippen LogP contribution in [0.1, 0.15) is 23.3 Å². The number of nitrogens with one attached hydrogen (secondary N) is 2. The van der Waals surface area contributed by atoms with E-state index >= 15 is 0 Å². The number of hydrogen-bond donors (Lipinski definition) is 2. The standard InChI is InChI=1S/C15H16N4O3S/c20-14(17-8-11-2-1-7-16-11)13-9-23-15(18-13)10-3-5-12(6-4-10)19(21)22/h3-6,9,11,16H,1-2,7-8H2,(H,17,20). The van der Waals surface area contributed by atoms with Gasteiger partial charge in [-0.1, -0.05) is 0 Å². The quantitative estimate of drug-likeness (QED) is 0.646. The van der Waals surface area contributed by atoms with Gasteiger partial charge in [-0.3, -0.25) is 14.9 Å². The van der Waals surface area contributed by atoms with E-state index in [0.717, 1.165) is 24.9 Å². The number of carbonyl (C=O) groups excluding carboxylic acids is 1. The minimum Gasteiger partial charge on any atom is -0.349 e. The van der Waals surface area contributed by atoms with Crippen molar-refractivity contribution in [3.05, 3.63) is 45.5 Å². The number of nitro groups is 1. The molecule has 1 aromatic heterocycles. The second kappa shape index (κ2) is 6.84. The first-order valence-corrected chi connectivity index (χ1v) is 8.23. The van der Waals surface area contributed by atoms with Crippen molar-refractivity contribution in [1.82, 2.24) is 15.6 Å². The summed E-state index contributed by atoms with van der Waals surface area (Å²) in [5, 5.41) is 19.2. The number of nitro benzene ring substituents is 1. The average molecular weight is 332 g/mol. The van der Waals surface area contributed by atoms with E-state index in [0.29, 0.717) is 23.3 Å². The number of rotatable bonds is 5. The highest BCUT2D eigenvalue weighted by Crippen LogP contribution is 2.25. The summed E-state index contributed by atoms with van der Waals surface area (Å²) in [5.41, 5.74) is 1.17. The van der Waals surface area contributed by atoms with Crippen LogP contribution in [0.2, 0.25) is 0 Å². The largest absolute Gasteiger partial charge is 0.349 e. The van der Waals surface area contributed by atoms with Crippen LogP contribution in [-0.2, 0) is 0 Å². The molecule has 1 aromatic carbocycles. The zero-order valence-electron chi connectivity index (χ0n) is 12.3. The third kappa shape index (κ3) is 3.72. The average Bonchev–Trinajstić information content (AvgIpc) is 3.24. The molecule has 0 saturated carbocycles. The molecule has 1 amide bonds. The summed E-state index contributed by atoms with van der Waals surface area (Å²) < 4.78 is 0. The maximum Gasteiger partial charge on any atom is 0.270 e. The summed E-state index contributed by atoms with van der Waals surface area (Å²) in [7, 11) is 0. The van der Waals surface area contributed by atoms with E-state index in [-0.39, 0.29) is 11.6 Å². The number of aromatic nitrogens is 1. The summed E-state index contributed by atoms with van der Waals surface area (Å²) in [6.45, 7) is 1.60. The predicted octanol–water partition coefficient (Wildman–Crippen LogP) is 2.20. The molecule has 1 fully saturated rings. The maximum absolute atomic E-state index is 12.1. The van der Waals surface area contributed by atoms with Gasteiger partial charge in [0, 0.05) is 35.7 Å². The molecule has 1 aliphatic heterocycles. The van der Waals surface area contributed by atoms with E-state index in [9.17, 15) is 14.9 Å². The maximum atomic E-state index is 12.1. The first-order valence-electron chi connectivity index (χ1n) is 7.35. The van der Waals surface area contributed by atoms with Gasteiger partial charge < -0.3 is 10.6 Å². The van der Waals surface area contributed by atoms with E-state index in [4.69, 9.17) is 0 Å². The fraction of sp³-hybridized carbons (Fsp3) is 0.333. The topological polar surface area (TPSA) is 97.2 Å². The summed E-state index contributed by atoms with van der Waals surface area (Å²) in [4.78, 5) is 26.6. The van der Waals surface area contributed by atoms with Crippen LogP contribution in [0.3, 0.4) is 0 Å².